The lowest BCUT2D eigenvalue weighted by atomic mass is 9.51. The van der Waals surface area contributed by atoms with Crippen LogP contribution in [0.3, 0.4) is 0 Å². The Kier molecular flexibility index (Phi) is 5.24. The summed E-state index contributed by atoms with van der Waals surface area (Å²) in [5, 5.41) is 0. The maximum Gasteiger partial charge on any atom is 0.0765 e. The Morgan fingerprint density at radius 2 is 1.78 bits per heavy atom. The molecule has 180 valence electrons. The molecule has 2 nitrogen and oxygen atoms in total. The molecule has 2 saturated heterocycles. The van der Waals surface area contributed by atoms with Crippen LogP contribution < -0.4 is 0 Å². The third-order valence-corrected chi connectivity index (χ3v) is 12.3. The van der Waals surface area contributed by atoms with Crippen molar-refractivity contribution in [2.75, 3.05) is 13.6 Å². The van der Waals surface area contributed by atoms with E-state index in [1.165, 1.54) is 70.8 Å². The molecule has 1 unspecified atom stereocenters. The van der Waals surface area contributed by atoms with Crippen LogP contribution in [0.5, 0.6) is 0 Å². The van der Waals surface area contributed by atoms with Gasteiger partial charge in [-0.25, -0.2) is 0 Å². The molecule has 6 rings (SSSR count). The lowest BCUT2D eigenvalue weighted by Gasteiger charge is -2.54. The molecule has 2 heteroatoms. The monoisotopic (exact) mass is 439 g/mol. The average Bonchev–Trinajstić information content (AvgIpc) is 3.19. The molecule has 6 aliphatic rings. The number of rotatable bonds is 0. The summed E-state index contributed by atoms with van der Waals surface area (Å²) >= 11 is 0. The molecule has 0 bridgehead atoms. The second kappa shape index (κ2) is 7.58. The average molecular weight is 440 g/mol. The van der Waals surface area contributed by atoms with E-state index in [1.807, 2.05) is 5.57 Å². The highest BCUT2D eigenvalue weighted by Gasteiger charge is 2.59. The van der Waals surface area contributed by atoms with Crippen LogP contribution in [-0.2, 0) is 4.74 Å². The van der Waals surface area contributed by atoms with Gasteiger partial charge in [0.15, 0.2) is 0 Å². The van der Waals surface area contributed by atoms with Crippen molar-refractivity contribution in [1.29, 1.82) is 0 Å². The van der Waals surface area contributed by atoms with Gasteiger partial charge in [0.05, 0.1) is 11.7 Å². The van der Waals surface area contributed by atoms with E-state index in [-0.39, 0.29) is 5.60 Å². The van der Waals surface area contributed by atoms with Crippen molar-refractivity contribution in [1.82, 2.24) is 4.90 Å². The van der Waals surface area contributed by atoms with Crippen LogP contribution in [0.4, 0.5) is 0 Å². The highest BCUT2D eigenvalue weighted by atomic mass is 16.5. The first-order valence-electron chi connectivity index (χ1n) is 14.3. The number of likely N-dealkylation sites (tertiary alicyclic amines) is 1. The molecule has 1 spiro atoms. The van der Waals surface area contributed by atoms with E-state index >= 15 is 0 Å². The van der Waals surface area contributed by atoms with Crippen molar-refractivity contribution in [3.63, 3.8) is 0 Å². The zero-order valence-electron chi connectivity index (χ0n) is 21.8. The van der Waals surface area contributed by atoms with Gasteiger partial charge in [-0.1, -0.05) is 45.3 Å². The Bertz CT molecular complexity index is 788. The standard InChI is InChI=1S/C30H49NO/c1-18-9-11-29(5)22(13-18)7-8-24-23-10-12-30(16-20(3)25(23)15-26(24)29)21(4)28-27(32-30)14-19(2)17-31(28)6/h18-19,21-24,26-28H,7-17H2,1-6H3/t18?,19-,21+,22+,23-,24-,26-,27+,28-,29-,30-/m0/s1. The van der Waals surface area contributed by atoms with Crippen molar-refractivity contribution < 1.29 is 4.74 Å². The number of nitrogens with zero attached hydrogens (tertiary/aromatic N) is 1. The minimum absolute atomic E-state index is 0.103. The summed E-state index contributed by atoms with van der Waals surface area (Å²) in [6.07, 6.45) is 14.6. The van der Waals surface area contributed by atoms with Crippen LogP contribution >= 0.6 is 0 Å². The van der Waals surface area contributed by atoms with E-state index in [0.717, 1.165) is 35.5 Å². The number of likely N-dealkylation sites (N-methyl/N-ethyl adjacent to an activating group) is 1. The third-order valence-electron chi connectivity index (χ3n) is 12.3. The van der Waals surface area contributed by atoms with E-state index in [2.05, 4.69) is 46.6 Å². The van der Waals surface area contributed by atoms with Crippen molar-refractivity contribution in [3.05, 3.63) is 11.1 Å². The molecule has 0 amide bonds. The fourth-order valence-corrected chi connectivity index (χ4v) is 10.6. The lowest BCUT2D eigenvalue weighted by molar-refractivity contribution is -0.0800. The number of hydrogen-bond donors (Lipinski definition) is 0. The maximum absolute atomic E-state index is 7.14. The Balaban J connectivity index is 1.28. The molecule has 0 aromatic heterocycles. The molecular weight excluding hydrogens is 390 g/mol. The quantitative estimate of drug-likeness (QED) is 0.374. The zero-order valence-corrected chi connectivity index (χ0v) is 21.8. The van der Waals surface area contributed by atoms with Crippen molar-refractivity contribution in [3.8, 4) is 0 Å². The fraction of sp³-hybridized carbons (Fsp3) is 0.933. The molecule has 3 saturated carbocycles. The Morgan fingerprint density at radius 1 is 0.969 bits per heavy atom. The Hall–Kier alpha value is -0.340. The number of ether oxygens (including phenoxy) is 1. The van der Waals surface area contributed by atoms with E-state index in [1.54, 1.807) is 5.57 Å². The highest BCUT2D eigenvalue weighted by molar-refractivity contribution is 5.29. The van der Waals surface area contributed by atoms with Gasteiger partial charge < -0.3 is 9.64 Å². The summed E-state index contributed by atoms with van der Waals surface area (Å²) < 4.78 is 7.14. The first kappa shape index (κ1) is 22.1. The van der Waals surface area contributed by atoms with Gasteiger partial charge in [-0.15, -0.1) is 0 Å². The van der Waals surface area contributed by atoms with E-state index in [9.17, 15) is 0 Å². The van der Waals surface area contributed by atoms with Crippen LogP contribution in [0.15, 0.2) is 11.1 Å². The van der Waals surface area contributed by atoms with Gasteiger partial charge in [-0.2, -0.15) is 0 Å². The zero-order chi connectivity index (χ0) is 22.4. The molecule has 11 atom stereocenters. The van der Waals surface area contributed by atoms with Crippen LogP contribution in [0, 0.1) is 46.8 Å². The summed E-state index contributed by atoms with van der Waals surface area (Å²) in [5.41, 5.74) is 4.38. The van der Waals surface area contributed by atoms with Crippen molar-refractivity contribution in [2.24, 2.45) is 46.8 Å². The Labute approximate surface area is 197 Å². The van der Waals surface area contributed by atoms with Gasteiger partial charge in [0.1, 0.15) is 0 Å². The molecule has 2 heterocycles. The van der Waals surface area contributed by atoms with Crippen LogP contribution in [0.2, 0.25) is 0 Å². The van der Waals surface area contributed by atoms with Gasteiger partial charge >= 0.3 is 0 Å². The van der Waals surface area contributed by atoms with Crippen molar-refractivity contribution in [2.45, 2.75) is 117 Å². The normalized spacial score (nSPS) is 55.9. The molecule has 0 aromatic carbocycles. The highest BCUT2D eigenvalue weighted by Crippen LogP contribution is 2.65. The number of allylic oxidation sites excluding steroid dienone is 1. The molecule has 4 aliphatic carbocycles. The first-order chi connectivity index (χ1) is 15.2. The smallest absolute Gasteiger partial charge is 0.0765 e. The lowest BCUT2D eigenvalue weighted by Crippen LogP contribution is -2.49. The molecule has 0 radical (unpaired) electrons. The maximum atomic E-state index is 7.14. The Morgan fingerprint density at radius 3 is 2.59 bits per heavy atom. The van der Waals surface area contributed by atoms with E-state index < -0.39 is 0 Å². The number of fused-ring (bicyclic) bond motifs is 6. The molecule has 2 aliphatic heterocycles. The van der Waals surface area contributed by atoms with Crippen molar-refractivity contribution >= 4 is 0 Å². The molecule has 0 N–H and O–H groups in total. The molecule has 0 aromatic rings. The fourth-order valence-electron chi connectivity index (χ4n) is 10.6. The van der Waals surface area contributed by atoms with Gasteiger partial charge in [-0.05, 0) is 113 Å². The predicted molar refractivity (Wildman–Crippen MR) is 132 cm³/mol. The van der Waals surface area contributed by atoms with Crippen LogP contribution in [0.1, 0.15) is 98.8 Å². The van der Waals surface area contributed by atoms with Crippen LogP contribution in [-0.4, -0.2) is 36.2 Å². The molecule has 32 heavy (non-hydrogen) atoms. The number of hydrogen-bond acceptors (Lipinski definition) is 2. The number of piperidine rings is 1. The summed E-state index contributed by atoms with van der Waals surface area (Å²) in [6, 6.07) is 0.633. The van der Waals surface area contributed by atoms with E-state index in [0.29, 0.717) is 23.5 Å². The minimum Gasteiger partial charge on any atom is -0.369 e. The second-order valence-corrected chi connectivity index (χ2v) is 14.0. The van der Waals surface area contributed by atoms with Gasteiger partial charge in [0.25, 0.3) is 0 Å². The van der Waals surface area contributed by atoms with Gasteiger partial charge in [0, 0.05) is 18.5 Å². The van der Waals surface area contributed by atoms with Gasteiger partial charge in [0.2, 0.25) is 0 Å². The third kappa shape index (κ3) is 3.10. The topological polar surface area (TPSA) is 12.5 Å². The summed E-state index contributed by atoms with van der Waals surface area (Å²) in [4.78, 5) is 2.65. The minimum atomic E-state index is 0.103. The SMILES string of the molecule is CC1=C2C[C@H]3[C@@H](CC[C@@H]4CC(C)CC[C@@]43C)[C@@H]2CC[C@@]2(C1)O[C@@H]1C[C@H](C)CN(C)[C@H]1[C@H]2C. The molecular formula is C30H49NO. The van der Waals surface area contributed by atoms with Crippen LogP contribution in [0.25, 0.3) is 0 Å². The summed E-state index contributed by atoms with van der Waals surface area (Å²) in [7, 11) is 2.36. The largest absolute Gasteiger partial charge is 0.369 e. The van der Waals surface area contributed by atoms with Gasteiger partial charge in [-0.3, -0.25) is 0 Å². The summed E-state index contributed by atoms with van der Waals surface area (Å²) in [5.74, 6) is 6.18. The predicted octanol–water partition coefficient (Wildman–Crippen LogP) is 7.09. The second-order valence-electron chi connectivity index (χ2n) is 14.0. The first-order valence-corrected chi connectivity index (χ1v) is 14.3. The van der Waals surface area contributed by atoms with E-state index in [4.69, 9.17) is 4.74 Å². The summed E-state index contributed by atoms with van der Waals surface area (Å²) in [6.45, 7) is 13.9. The molecule has 5 fully saturated rings.